The number of hydrazone groups is 1. The van der Waals surface area contributed by atoms with E-state index in [4.69, 9.17) is 9.47 Å². The van der Waals surface area contributed by atoms with E-state index in [1.807, 2.05) is 6.92 Å². The summed E-state index contributed by atoms with van der Waals surface area (Å²) in [6.07, 6.45) is 1.47. The third-order valence-corrected chi connectivity index (χ3v) is 3.01. The number of phenols is 1. The molecule has 0 radical (unpaired) electrons. The third kappa shape index (κ3) is 4.47. The van der Waals surface area contributed by atoms with Crippen LogP contribution in [0.1, 0.15) is 22.8 Å². The normalized spacial score (nSPS) is 10.5. The van der Waals surface area contributed by atoms with Gasteiger partial charge in [0.15, 0.2) is 11.5 Å². The first-order chi connectivity index (χ1) is 11.1. The van der Waals surface area contributed by atoms with Crippen LogP contribution < -0.4 is 14.9 Å². The highest BCUT2D eigenvalue weighted by Gasteiger charge is 2.04. The molecule has 6 heteroatoms. The van der Waals surface area contributed by atoms with Crippen molar-refractivity contribution in [3.05, 3.63) is 53.6 Å². The van der Waals surface area contributed by atoms with Gasteiger partial charge in [-0.05, 0) is 55.0 Å². The number of carbonyl (C=O) groups is 1. The molecule has 120 valence electrons. The summed E-state index contributed by atoms with van der Waals surface area (Å²) in [6, 6.07) is 11.6. The molecule has 0 aromatic heterocycles. The smallest absolute Gasteiger partial charge is 0.271 e. The standard InChI is InChI=1S/C17H18N2O4/c1-3-23-14-7-5-13(6-8-14)17(21)19-18-11-12-4-9-15(20)16(10-12)22-2/h4-11,20H,3H2,1-2H3,(H,19,21)/b18-11+. The second-order valence-corrected chi connectivity index (χ2v) is 4.59. The monoisotopic (exact) mass is 314 g/mol. The quantitative estimate of drug-likeness (QED) is 0.634. The highest BCUT2D eigenvalue weighted by Crippen LogP contribution is 2.25. The van der Waals surface area contributed by atoms with E-state index in [9.17, 15) is 9.90 Å². The lowest BCUT2D eigenvalue weighted by atomic mass is 10.2. The zero-order valence-corrected chi connectivity index (χ0v) is 12.9. The Morgan fingerprint density at radius 3 is 2.65 bits per heavy atom. The van der Waals surface area contributed by atoms with Crippen LogP contribution >= 0.6 is 0 Å². The molecule has 0 heterocycles. The fourth-order valence-electron chi connectivity index (χ4n) is 1.87. The number of hydrogen-bond donors (Lipinski definition) is 2. The van der Waals surface area contributed by atoms with Crippen LogP contribution in [-0.4, -0.2) is 30.9 Å². The first kappa shape index (κ1) is 16.4. The molecular weight excluding hydrogens is 296 g/mol. The lowest BCUT2D eigenvalue weighted by molar-refractivity contribution is 0.0955. The van der Waals surface area contributed by atoms with E-state index in [1.165, 1.54) is 19.4 Å². The van der Waals surface area contributed by atoms with Crippen molar-refractivity contribution >= 4 is 12.1 Å². The number of ether oxygens (including phenoxy) is 2. The zero-order chi connectivity index (χ0) is 16.7. The summed E-state index contributed by atoms with van der Waals surface area (Å²) in [5.41, 5.74) is 3.60. The van der Waals surface area contributed by atoms with Crippen molar-refractivity contribution in [2.75, 3.05) is 13.7 Å². The minimum atomic E-state index is -0.324. The van der Waals surface area contributed by atoms with Crippen LogP contribution in [0.3, 0.4) is 0 Å². The maximum absolute atomic E-state index is 12.0. The first-order valence-electron chi connectivity index (χ1n) is 7.07. The molecule has 2 N–H and O–H groups in total. The fraction of sp³-hybridized carbons (Fsp3) is 0.176. The van der Waals surface area contributed by atoms with Gasteiger partial charge in [0.25, 0.3) is 5.91 Å². The number of carbonyl (C=O) groups excluding carboxylic acids is 1. The molecule has 0 spiro atoms. The minimum Gasteiger partial charge on any atom is -0.504 e. The van der Waals surface area contributed by atoms with Gasteiger partial charge in [0.1, 0.15) is 5.75 Å². The van der Waals surface area contributed by atoms with Crippen LogP contribution in [0.4, 0.5) is 0 Å². The van der Waals surface area contributed by atoms with Crippen LogP contribution in [0.2, 0.25) is 0 Å². The molecule has 0 bridgehead atoms. The van der Waals surface area contributed by atoms with Crippen molar-refractivity contribution in [2.24, 2.45) is 5.10 Å². The van der Waals surface area contributed by atoms with Gasteiger partial charge in [-0.2, -0.15) is 5.10 Å². The Hall–Kier alpha value is -3.02. The molecule has 2 rings (SSSR count). The Bertz CT molecular complexity index is 696. The van der Waals surface area contributed by atoms with E-state index in [2.05, 4.69) is 10.5 Å². The predicted molar refractivity (Wildman–Crippen MR) is 87.3 cm³/mol. The van der Waals surface area contributed by atoms with Crippen LogP contribution in [-0.2, 0) is 0 Å². The van der Waals surface area contributed by atoms with E-state index in [0.717, 1.165) is 0 Å². The Morgan fingerprint density at radius 1 is 1.26 bits per heavy atom. The average molecular weight is 314 g/mol. The number of nitrogens with one attached hydrogen (secondary N) is 1. The molecule has 0 fully saturated rings. The van der Waals surface area contributed by atoms with E-state index in [-0.39, 0.29) is 11.7 Å². The number of aromatic hydroxyl groups is 1. The molecule has 2 aromatic rings. The van der Waals surface area contributed by atoms with Crippen LogP contribution in [0.5, 0.6) is 17.2 Å². The highest BCUT2D eigenvalue weighted by atomic mass is 16.5. The number of rotatable bonds is 6. The van der Waals surface area contributed by atoms with Gasteiger partial charge in [-0.3, -0.25) is 4.79 Å². The van der Waals surface area contributed by atoms with Crippen molar-refractivity contribution in [1.82, 2.24) is 5.43 Å². The fourth-order valence-corrected chi connectivity index (χ4v) is 1.87. The van der Waals surface area contributed by atoms with Gasteiger partial charge >= 0.3 is 0 Å². The molecule has 0 aliphatic carbocycles. The first-order valence-corrected chi connectivity index (χ1v) is 7.07. The van der Waals surface area contributed by atoms with Crippen molar-refractivity contribution in [1.29, 1.82) is 0 Å². The molecule has 2 aromatic carbocycles. The molecule has 23 heavy (non-hydrogen) atoms. The number of nitrogens with zero attached hydrogens (tertiary/aromatic N) is 1. The Morgan fingerprint density at radius 2 is 2.00 bits per heavy atom. The molecule has 0 aliphatic rings. The topological polar surface area (TPSA) is 80.2 Å². The van der Waals surface area contributed by atoms with Crippen molar-refractivity contribution in [2.45, 2.75) is 6.92 Å². The molecule has 0 atom stereocenters. The zero-order valence-electron chi connectivity index (χ0n) is 12.9. The van der Waals surface area contributed by atoms with E-state index in [0.29, 0.717) is 29.2 Å². The number of phenolic OH excluding ortho intramolecular Hbond substituents is 1. The summed E-state index contributed by atoms with van der Waals surface area (Å²) in [5, 5.41) is 13.4. The number of methoxy groups -OCH3 is 1. The Labute approximate surface area is 134 Å². The predicted octanol–water partition coefficient (Wildman–Crippen LogP) is 2.56. The summed E-state index contributed by atoms with van der Waals surface area (Å²) in [5.74, 6) is 0.772. The van der Waals surface area contributed by atoms with E-state index < -0.39 is 0 Å². The molecule has 6 nitrogen and oxygen atoms in total. The van der Waals surface area contributed by atoms with Crippen LogP contribution in [0.15, 0.2) is 47.6 Å². The second-order valence-electron chi connectivity index (χ2n) is 4.59. The van der Waals surface area contributed by atoms with Gasteiger partial charge in [0.05, 0.1) is 19.9 Å². The average Bonchev–Trinajstić information content (AvgIpc) is 2.57. The van der Waals surface area contributed by atoms with E-state index in [1.54, 1.807) is 36.4 Å². The SMILES string of the molecule is CCOc1ccc(C(=O)N/N=C/c2ccc(O)c(OC)c2)cc1. The third-order valence-electron chi connectivity index (χ3n) is 3.01. The lowest BCUT2D eigenvalue weighted by Gasteiger charge is -2.04. The molecule has 0 saturated heterocycles. The molecule has 0 saturated carbocycles. The van der Waals surface area contributed by atoms with Crippen LogP contribution in [0.25, 0.3) is 0 Å². The molecule has 0 unspecified atom stereocenters. The van der Waals surface area contributed by atoms with Crippen LogP contribution in [0, 0.1) is 0 Å². The Balaban J connectivity index is 1.98. The van der Waals surface area contributed by atoms with Crippen molar-refractivity contribution in [3.63, 3.8) is 0 Å². The van der Waals surface area contributed by atoms with Gasteiger partial charge in [-0.25, -0.2) is 5.43 Å². The van der Waals surface area contributed by atoms with Gasteiger partial charge in [-0.1, -0.05) is 0 Å². The van der Waals surface area contributed by atoms with Gasteiger partial charge in [0.2, 0.25) is 0 Å². The highest BCUT2D eigenvalue weighted by molar-refractivity contribution is 5.95. The van der Waals surface area contributed by atoms with Crippen molar-refractivity contribution < 1.29 is 19.4 Å². The summed E-state index contributed by atoms with van der Waals surface area (Å²) in [4.78, 5) is 12.0. The largest absolute Gasteiger partial charge is 0.504 e. The number of amides is 1. The summed E-state index contributed by atoms with van der Waals surface area (Å²) < 4.78 is 10.3. The summed E-state index contributed by atoms with van der Waals surface area (Å²) >= 11 is 0. The molecular formula is C17H18N2O4. The second kappa shape index (κ2) is 7.84. The van der Waals surface area contributed by atoms with Crippen molar-refractivity contribution in [3.8, 4) is 17.2 Å². The Kier molecular flexibility index (Phi) is 5.57. The maximum Gasteiger partial charge on any atom is 0.271 e. The number of hydrogen-bond acceptors (Lipinski definition) is 5. The molecule has 1 amide bonds. The van der Waals surface area contributed by atoms with E-state index >= 15 is 0 Å². The summed E-state index contributed by atoms with van der Waals surface area (Å²) in [6.45, 7) is 2.47. The minimum absolute atomic E-state index is 0.0445. The number of benzene rings is 2. The summed E-state index contributed by atoms with van der Waals surface area (Å²) in [7, 11) is 1.46. The maximum atomic E-state index is 12.0. The van der Waals surface area contributed by atoms with Gasteiger partial charge in [0, 0.05) is 5.56 Å². The molecule has 0 aliphatic heterocycles. The lowest BCUT2D eigenvalue weighted by Crippen LogP contribution is -2.17. The van der Waals surface area contributed by atoms with Gasteiger partial charge < -0.3 is 14.6 Å². The van der Waals surface area contributed by atoms with Gasteiger partial charge in [-0.15, -0.1) is 0 Å².